The molecule has 0 heterocycles. The number of carbonyl (C=O) groups is 3. The van der Waals surface area contributed by atoms with Crippen LogP contribution in [0.3, 0.4) is 0 Å². The first-order valence-corrected chi connectivity index (χ1v) is 15.0. The van der Waals surface area contributed by atoms with E-state index in [0.29, 0.717) is 60.7 Å². The highest BCUT2D eigenvalue weighted by atomic mass is 16.5. The van der Waals surface area contributed by atoms with Crippen molar-refractivity contribution in [2.24, 2.45) is 0 Å². The standard InChI is InChI=1S/C38H40N2O5/c1-27(2)37(42)40(26-30-13-10-12-28(3)24-30)22-11-23-45-32-20-18-29(19-21-32)25-35(38(43)44-4)39-34-17-9-8-16-33(34)36(41)31-14-6-5-7-15-31/h5-10,12-21,24,35,39H,1,11,22-23,25-26H2,2-4H3/t35-/m0/s1. The van der Waals surface area contributed by atoms with Gasteiger partial charge in [0.1, 0.15) is 11.8 Å². The molecule has 0 aromatic heterocycles. The van der Waals surface area contributed by atoms with Crippen molar-refractivity contribution in [3.8, 4) is 5.75 Å². The average Bonchev–Trinajstić information content (AvgIpc) is 3.06. The van der Waals surface area contributed by atoms with Crippen LogP contribution < -0.4 is 10.1 Å². The Kier molecular flexibility index (Phi) is 11.7. The third kappa shape index (κ3) is 9.41. The third-order valence-electron chi connectivity index (χ3n) is 7.34. The number of methoxy groups -OCH3 is 1. The minimum Gasteiger partial charge on any atom is -0.494 e. The fourth-order valence-electron chi connectivity index (χ4n) is 5.03. The van der Waals surface area contributed by atoms with E-state index in [1.165, 1.54) is 7.11 Å². The molecule has 0 fully saturated rings. The molecule has 232 valence electrons. The third-order valence-corrected chi connectivity index (χ3v) is 7.34. The van der Waals surface area contributed by atoms with Gasteiger partial charge in [0.05, 0.1) is 13.7 Å². The topological polar surface area (TPSA) is 84.9 Å². The van der Waals surface area contributed by atoms with Gasteiger partial charge in [-0.1, -0.05) is 91.0 Å². The van der Waals surface area contributed by atoms with Gasteiger partial charge in [0.2, 0.25) is 5.91 Å². The Morgan fingerprint density at radius 2 is 1.58 bits per heavy atom. The van der Waals surface area contributed by atoms with Crippen LogP contribution in [0.5, 0.6) is 5.75 Å². The molecular formula is C38H40N2O5. The Hall–Kier alpha value is -5.17. The summed E-state index contributed by atoms with van der Waals surface area (Å²) in [5, 5.41) is 3.24. The number of hydrogen-bond acceptors (Lipinski definition) is 6. The van der Waals surface area contributed by atoms with Gasteiger partial charge in [0.25, 0.3) is 0 Å². The van der Waals surface area contributed by atoms with E-state index in [-0.39, 0.29) is 11.7 Å². The molecule has 0 aliphatic rings. The summed E-state index contributed by atoms with van der Waals surface area (Å²) < 4.78 is 11.0. The quantitative estimate of drug-likeness (QED) is 0.0696. The van der Waals surface area contributed by atoms with E-state index in [9.17, 15) is 14.4 Å². The molecule has 0 saturated carbocycles. The van der Waals surface area contributed by atoms with E-state index < -0.39 is 12.0 Å². The van der Waals surface area contributed by atoms with Crippen molar-refractivity contribution in [2.75, 3.05) is 25.6 Å². The van der Waals surface area contributed by atoms with Crippen LogP contribution >= 0.6 is 0 Å². The first kappa shape index (κ1) is 32.7. The van der Waals surface area contributed by atoms with Gasteiger partial charge in [0.15, 0.2) is 5.78 Å². The molecule has 7 nitrogen and oxygen atoms in total. The summed E-state index contributed by atoms with van der Waals surface area (Å²) in [6, 6.07) is 31.1. The number of aryl methyl sites for hydroxylation is 1. The maximum atomic E-state index is 13.2. The Morgan fingerprint density at radius 3 is 2.27 bits per heavy atom. The first-order valence-electron chi connectivity index (χ1n) is 15.0. The van der Waals surface area contributed by atoms with Gasteiger partial charge in [0, 0.05) is 41.9 Å². The van der Waals surface area contributed by atoms with Crippen LogP contribution in [0.1, 0.15) is 46.0 Å². The average molecular weight is 605 g/mol. The van der Waals surface area contributed by atoms with Gasteiger partial charge in [-0.15, -0.1) is 0 Å². The predicted octanol–water partition coefficient (Wildman–Crippen LogP) is 6.80. The molecule has 0 saturated heterocycles. The number of esters is 1. The fraction of sp³-hybridized carbons (Fsp3) is 0.237. The van der Waals surface area contributed by atoms with E-state index in [1.54, 1.807) is 42.2 Å². The van der Waals surface area contributed by atoms with E-state index in [1.807, 2.05) is 73.7 Å². The lowest BCUT2D eigenvalue weighted by atomic mass is 10.00. The second kappa shape index (κ2) is 16.1. The Labute approximate surface area is 265 Å². The van der Waals surface area contributed by atoms with Gasteiger partial charge in [-0.2, -0.15) is 0 Å². The Morgan fingerprint density at radius 1 is 0.867 bits per heavy atom. The highest BCUT2D eigenvalue weighted by molar-refractivity contribution is 6.12. The van der Waals surface area contributed by atoms with Crippen molar-refractivity contribution in [2.45, 2.75) is 39.3 Å². The lowest BCUT2D eigenvalue weighted by Gasteiger charge is -2.23. The molecule has 0 spiro atoms. The number of para-hydroxylation sites is 1. The van der Waals surface area contributed by atoms with Crippen molar-refractivity contribution < 1.29 is 23.9 Å². The minimum absolute atomic E-state index is 0.0679. The number of benzene rings is 4. The second-order valence-corrected chi connectivity index (χ2v) is 11.0. The number of anilines is 1. The molecule has 0 bridgehead atoms. The van der Waals surface area contributed by atoms with E-state index in [2.05, 4.69) is 18.0 Å². The molecule has 1 N–H and O–H groups in total. The number of amides is 1. The normalized spacial score (nSPS) is 11.3. The number of carbonyl (C=O) groups excluding carboxylic acids is 3. The second-order valence-electron chi connectivity index (χ2n) is 11.0. The molecular weight excluding hydrogens is 564 g/mol. The summed E-state index contributed by atoms with van der Waals surface area (Å²) in [6.07, 6.45) is 1.000. The molecule has 0 radical (unpaired) electrons. The van der Waals surface area contributed by atoms with Gasteiger partial charge >= 0.3 is 5.97 Å². The van der Waals surface area contributed by atoms with E-state index in [0.717, 1.165) is 16.7 Å². The number of ether oxygens (including phenoxy) is 2. The van der Waals surface area contributed by atoms with Crippen molar-refractivity contribution in [1.29, 1.82) is 0 Å². The van der Waals surface area contributed by atoms with Crippen LogP contribution in [0.25, 0.3) is 0 Å². The summed E-state index contributed by atoms with van der Waals surface area (Å²) in [7, 11) is 1.35. The van der Waals surface area contributed by atoms with Crippen LogP contribution in [0, 0.1) is 6.92 Å². The highest BCUT2D eigenvalue weighted by Crippen LogP contribution is 2.22. The highest BCUT2D eigenvalue weighted by Gasteiger charge is 2.23. The number of nitrogens with one attached hydrogen (secondary N) is 1. The molecule has 45 heavy (non-hydrogen) atoms. The predicted molar refractivity (Wildman–Crippen MR) is 177 cm³/mol. The lowest BCUT2D eigenvalue weighted by Crippen LogP contribution is -2.33. The monoisotopic (exact) mass is 604 g/mol. The molecule has 0 aliphatic carbocycles. The van der Waals surface area contributed by atoms with Crippen LogP contribution in [-0.4, -0.2) is 48.9 Å². The van der Waals surface area contributed by atoms with E-state index in [4.69, 9.17) is 9.47 Å². The van der Waals surface area contributed by atoms with Gasteiger partial charge in [-0.25, -0.2) is 4.79 Å². The molecule has 4 aromatic carbocycles. The zero-order valence-corrected chi connectivity index (χ0v) is 26.1. The van der Waals surface area contributed by atoms with Gasteiger partial charge in [-0.3, -0.25) is 9.59 Å². The van der Waals surface area contributed by atoms with E-state index >= 15 is 0 Å². The van der Waals surface area contributed by atoms with Crippen molar-refractivity contribution >= 4 is 23.3 Å². The van der Waals surface area contributed by atoms with Crippen LogP contribution in [0.15, 0.2) is 115 Å². The summed E-state index contributed by atoms with van der Waals surface area (Å²) in [5.74, 6) is 0.0567. The van der Waals surface area contributed by atoms with Crippen LogP contribution in [0.2, 0.25) is 0 Å². The Balaban J connectivity index is 1.35. The van der Waals surface area contributed by atoms with Crippen molar-refractivity contribution in [1.82, 2.24) is 4.90 Å². The summed E-state index contributed by atoms with van der Waals surface area (Å²) in [5.41, 5.74) is 5.23. The smallest absolute Gasteiger partial charge is 0.328 e. The first-order chi connectivity index (χ1) is 21.7. The maximum absolute atomic E-state index is 13.2. The number of nitrogens with zero attached hydrogens (tertiary/aromatic N) is 1. The molecule has 7 heteroatoms. The number of rotatable bonds is 15. The van der Waals surface area contributed by atoms with Crippen molar-refractivity contribution in [3.63, 3.8) is 0 Å². The SMILES string of the molecule is C=C(C)C(=O)N(CCCOc1ccc(C[C@H](Nc2ccccc2C(=O)c2ccccc2)C(=O)OC)cc1)Cc1cccc(C)c1. The maximum Gasteiger partial charge on any atom is 0.328 e. The molecule has 1 amide bonds. The zero-order valence-electron chi connectivity index (χ0n) is 26.1. The van der Waals surface area contributed by atoms with Gasteiger partial charge < -0.3 is 19.7 Å². The zero-order chi connectivity index (χ0) is 32.2. The molecule has 0 unspecified atom stereocenters. The van der Waals surface area contributed by atoms with Gasteiger partial charge in [-0.05, 0) is 55.7 Å². The summed E-state index contributed by atoms with van der Waals surface area (Å²) in [6.45, 7) is 9.09. The largest absolute Gasteiger partial charge is 0.494 e. The van der Waals surface area contributed by atoms with Crippen LogP contribution in [-0.2, 0) is 27.3 Å². The Bertz CT molecular complexity index is 1610. The number of hydrogen-bond donors (Lipinski definition) is 1. The summed E-state index contributed by atoms with van der Waals surface area (Å²) in [4.78, 5) is 40.5. The lowest BCUT2D eigenvalue weighted by molar-refractivity contribution is -0.141. The minimum atomic E-state index is -0.711. The van der Waals surface area contributed by atoms with Crippen LogP contribution in [0.4, 0.5) is 5.69 Å². The van der Waals surface area contributed by atoms with Crippen molar-refractivity contribution in [3.05, 3.63) is 143 Å². The molecule has 4 rings (SSSR count). The summed E-state index contributed by atoms with van der Waals surface area (Å²) >= 11 is 0. The molecule has 1 atom stereocenters. The molecule has 4 aromatic rings. The molecule has 0 aliphatic heterocycles. The number of ketones is 1. The fourth-order valence-corrected chi connectivity index (χ4v) is 5.03.